The third-order valence-corrected chi connectivity index (χ3v) is 4.23. The van der Waals surface area contributed by atoms with Gasteiger partial charge in [0.1, 0.15) is 5.75 Å². The molecule has 0 bridgehead atoms. The fraction of sp³-hybridized carbons (Fsp3) is 0.500. The molecule has 0 spiro atoms. The van der Waals surface area contributed by atoms with Crippen molar-refractivity contribution >= 4 is 57.6 Å². The van der Waals surface area contributed by atoms with Gasteiger partial charge in [0.2, 0.25) is 0 Å². The summed E-state index contributed by atoms with van der Waals surface area (Å²) in [5.41, 5.74) is 7.26. The van der Waals surface area contributed by atoms with Gasteiger partial charge in [-0.2, -0.15) is 0 Å². The second kappa shape index (κ2) is 8.77. The number of benzene rings is 1. The minimum absolute atomic E-state index is 0. The first-order valence-corrected chi connectivity index (χ1v) is 7.65. The molecule has 1 atom stereocenters. The van der Waals surface area contributed by atoms with E-state index in [4.69, 9.17) is 5.73 Å². The van der Waals surface area contributed by atoms with E-state index in [2.05, 4.69) is 52.1 Å². The van der Waals surface area contributed by atoms with Crippen molar-refractivity contribution in [2.45, 2.75) is 38.6 Å². The SMILES string of the molecule is CCCCC[C@@H](N)c1cc(I)c(O)c(I)c1.Cl. The van der Waals surface area contributed by atoms with Crippen LogP contribution < -0.4 is 5.73 Å². The minimum atomic E-state index is 0. The molecule has 98 valence electrons. The van der Waals surface area contributed by atoms with Crippen LogP contribution in [0, 0.1) is 7.14 Å². The van der Waals surface area contributed by atoms with Crippen molar-refractivity contribution in [3.8, 4) is 5.75 Å². The van der Waals surface area contributed by atoms with Gasteiger partial charge in [-0.15, -0.1) is 12.4 Å². The first-order valence-electron chi connectivity index (χ1n) is 5.49. The Kier molecular flexibility index (Phi) is 9.14. The van der Waals surface area contributed by atoms with E-state index >= 15 is 0 Å². The fourth-order valence-corrected chi connectivity index (χ4v) is 3.40. The van der Waals surface area contributed by atoms with Crippen molar-refractivity contribution < 1.29 is 5.11 Å². The first kappa shape index (κ1) is 17.7. The van der Waals surface area contributed by atoms with Crippen LogP contribution in [-0.4, -0.2) is 5.11 Å². The van der Waals surface area contributed by atoms with Gasteiger partial charge in [0.25, 0.3) is 0 Å². The summed E-state index contributed by atoms with van der Waals surface area (Å²) in [5.74, 6) is 0.366. The highest BCUT2D eigenvalue weighted by Gasteiger charge is 2.11. The molecule has 5 heteroatoms. The molecule has 0 unspecified atom stereocenters. The second-order valence-electron chi connectivity index (χ2n) is 3.94. The average Bonchev–Trinajstić information content (AvgIpc) is 2.25. The van der Waals surface area contributed by atoms with Crippen LogP contribution in [0.15, 0.2) is 12.1 Å². The average molecular weight is 482 g/mol. The number of aromatic hydroxyl groups is 1. The van der Waals surface area contributed by atoms with E-state index in [0.717, 1.165) is 19.1 Å². The highest BCUT2D eigenvalue weighted by atomic mass is 127. The molecule has 0 heterocycles. The molecule has 0 saturated carbocycles. The lowest BCUT2D eigenvalue weighted by molar-refractivity contribution is 0.466. The molecule has 3 N–H and O–H groups in total. The first-order chi connectivity index (χ1) is 7.56. The van der Waals surface area contributed by atoms with E-state index in [1.54, 1.807) is 0 Å². The van der Waals surface area contributed by atoms with Crippen LogP contribution in [0.1, 0.15) is 44.2 Å². The zero-order chi connectivity index (χ0) is 12.1. The topological polar surface area (TPSA) is 46.2 Å². The monoisotopic (exact) mass is 481 g/mol. The predicted molar refractivity (Wildman–Crippen MR) is 91.9 cm³/mol. The van der Waals surface area contributed by atoms with Crippen LogP contribution >= 0.6 is 57.6 Å². The van der Waals surface area contributed by atoms with Crippen molar-refractivity contribution in [2.75, 3.05) is 0 Å². The molecular weight excluding hydrogens is 463 g/mol. The van der Waals surface area contributed by atoms with Gasteiger partial charge in [0, 0.05) is 6.04 Å². The molecule has 0 aliphatic carbocycles. The van der Waals surface area contributed by atoms with Crippen LogP contribution in [0.3, 0.4) is 0 Å². The number of rotatable bonds is 5. The normalized spacial score (nSPS) is 12.0. The predicted octanol–water partition coefficient (Wildman–Crippen LogP) is 4.60. The van der Waals surface area contributed by atoms with Gasteiger partial charge in [-0.3, -0.25) is 0 Å². The summed E-state index contributed by atoms with van der Waals surface area (Å²) in [5, 5.41) is 9.67. The standard InChI is InChI=1S/C12H17I2NO.ClH/c1-2-3-4-5-11(15)8-6-9(13)12(16)10(14)7-8;/h6-7,11,16H,2-5,15H2,1H3;1H/t11-;/m1./s1. The number of hydrogen-bond acceptors (Lipinski definition) is 2. The molecule has 0 fully saturated rings. The number of hydrogen-bond donors (Lipinski definition) is 2. The molecule has 1 aromatic rings. The summed E-state index contributed by atoms with van der Waals surface area (Å²) in [6.45, 7) is 2.19. The molecule has 17 heavy (non-hydrogen) atoms. The largest absolute Gasteiger partial charge is 0.506 e. The molecule has 1 aromatic carbocycles. The summed E-state index contributed by atoms with van der Waals surface area (Å²) in [6, 6.07) is 4.05. The lowest BCUT2D eigenvalue weighted by Crippen LogP contribution is -2.10. The van der Waals surface area contributed by atoms with Crippen molar-refractivity contribution in [1.29, 1.82) is 0 Å². The van der Waals surface area contributed by atoms with E-state index in [1.807, 2.05) is 12.1 Å². The highest BCUT2D eigenvalue weighted by Crippen LogP contribution is 2.30. The molecule has 1 rings (SSSR count). The zero-order valence-corrected chi connectivity index (χ0v) is 14.9. The molecule has 0 aromatic heterocycles. The molecule has 0 amide bonds. The van der Waals surface area contributed by atoms with Crippen LogP contribution in [0.2, 0.25) is 0 Å². The van der Waals surface area contributed by atoms with Gasteiger partial charge >= 0.3 is 0 Å². The highest BCUT2D eigenvalue weighted by molar-refractivity contribution is 14.1. The van der Waals surface area contributed by atoms with Crippen LogP contribution in [0.25, 0.3) is 0 Å². The Labute approximate surface area is 136 Å². The Bertz CT molecular complexity index is 337. The third kappa shape index (κ3) is 5.48. The lowest BCUT2D eigenvalue weighted by atomic mass is 10.0. The zero-order valence-electron chi connectivity index (χ0n) is 9.75. The molecule has 0 saturated heterocycles. The number of nitrogens with two attached hydrogens (primary N) is 1. The maximum Gasteiger partial charge on any atom is 0.142 e. The van der Waals surface area contributed by atoms with Crippen molar-refractivity contribution in [1.82, 2.24) is 0 Å². The van der Waals surface area contributed by atoms with Gasteiger partial charge in [0.05, 0.1) is 7.14 Å². The minimum Gasteiger partial charge on any atom is -0.506 e. The summed E-state index contributed by atoms with van der Waals surface area (Å²) in [4.78, 5) is 0. The molecular formula is C12H18ClI2NO. The Morgan fingerprint density at radius 1 is 1.24 bits per heavy atom. The number of phenols is 1. The summed E-state index contributed by atoms with van der Waals surface area (Å²) >= 11 is 4.29. The van der Waals surface area contributed by atoms with Gasteiger partial charge in [-0.1, -0.05) is 26.2 Å². The quantitative estimate of drug-likeness (QED) is 0.477. The van der Waals surface area contributed by atoms with E-state index in [1.165, 1.54) is 19.3 Å². The van der Waals surface area contributed by atoms with Gasteiger partial charge in [-0.05, 0) is 69.3 Å². The summed E-state index contributed by atoms with van der Waals surface area (Å²) in [6.07, 6.45) is 4.65. The lowest BCUT2D eigenvalue weighted by Gasteiger charge is -2.13. The maximum atomic E-state index is 9.67. The fourth-order valence-electron chi connectivity index (χ4n) is 1.58. The van der Waals surface area contributed by atoms with Crippen molar-refractivity contribution in [3.05, 3.63) is 24.8 Å². The molecule has 2 nitrogen and oxygen atoms in total. The Balaban J connectivity index is 0.00000256. The molecule has 0 aliphatic rings. The van der Waals surface area contributed by atoms with E-state index in [9.17, 15) is 5.11 Å². The van der Waals surface area contributed by atoms with Crippen LogP contribution in [-0.2, 0) is 0 Å². The van der Waals surface area contributed by atoms with Crippen LogP contribution in [0.4, 0.5) is 0 Å². The molecule has 0 aliphatic heterocycles. The third-order valence-electron chi connectivity index (χ3n) is 2.59. The van der Waals surface area contributed by atoms with Gasteiger partial charge in [-0.25, -0.2) is 0 Å². The van der Waals surface area contributed by atoms with E-state index in [0.29, 0.717) is 5.75 Å². The van der Waals surface area contributed by atoms with E-state index in [-0.39, 0.29) is 18.4 Å². The summed E-state index contributed by atoms with van der Waals surface area (Å²) < 4.78 is 1.76. The Morgan fingerprint density at radius 2 is 1.76 bits per heavy atom. The Hall–Kier alpha value is 0.730. The van der Waals surface area contributed by atoms with Crippen molar-refractivity contribution in [3.63, 3.8) is 0 Å². The summed E-state index contributed by atoms with van der Waals surface area (Å²) in [7, 11) is 0. The van der Waals surface area contributed by atoms with Gasteiger partial charge < -0.3 is 10.8 Å². The number of halogens is 3. The maximum absolute atomic E-state index is 9.67. The van der Waals surface area contributed by atoms with Crippen molar-refractivity contribution in [2.24, 2.45) is 5.73 Å². The molecule has 0 radical (unpaired) electrons. The van der Waals surface area contributed by atoms with E-state index < -0.39 is 0 Å². The Morgan fingerprint density at radius 3 is 2.24 bits per heavy atom. The second-order valence-corrected chi connectivity index (χ2v) is 6.26. The van der Waals surface area contributed by atoms with Gasteiger partial charge in [0.15, 0.2) is 0 Å². The van der Waals surface area contributed by atoms with Crippen LogP contribution in [0.5, 0.6) is 5.75 Å². The smallest absolute Gasteiger partial charge is 0.142 e. The number of phenolic OH excluding ortho intramolecular Hbond substituents is 1. The number of unbranched alkanes of at least 4 members (excludes halogenated alkanes) is 2.